The highest BCUT2D eigenvalue weighted by Gasteiger charge is 2.31. The molecule has 1 fully saturated rings. The number of nitrogens with two attached hydrogens (primary N) is 1. The fraction of sp³-hybridized carbons (Fsp3) is 0.889. The molecule has 0 radical (unpaired) electrons. The van der Waals surface area contributed by atoms with Crippen molar-refractivity contribution in [2.75, 3.05) is 0 Å². The van der Waals surface area contributed by atoms with Crippen LogP contribution in [0.1, 0.15) is 33.6 Å². The molecule has 0 heterocycles. The summed E-state index contributed by atoms with van der Waals surface area (Å²) in [6.07, 6.45) is 2.23. The lowest BCUT2D eigenvalue weighted by Gasteiger charge is -2.25. The third-order valence-corrected chi connectivity index (χ3v) is 2.14. The van der Waals surface area contributed by atoms with Crippen molar-refractivity contribution in [3.8, 4) is 0 Å². The summed E-state index contributed by atoms with van der Waals surface area (Å²) in [4.78, 5) is 11.4. The third kappa shape index (κ3) is 2.48. The molecule has 3 N–H and O–H groups in total. The van der Waals surface area contributed by atoms with Gasteiger partial charge < -0.3 is 11.1 Å². The Hall–Kier alpha value is -0.570. The van der Waals surface area contributed by atoms with Gasteiger partial charge in [-0.3, -0.25) is 4.79 Å². The standard InChI is InChI=1S/C9H18N2O/c1-9(2,3)7(10)8(12)11-6-4-5-6/h6-7H,4-5,10H2,1-3H3,(H,11,12). The van der Waals surface area contributed by atoms with Crippen LogP contribution in [0.2, 0.25) is 0 Å². The zero-order valence-electron chi connectivity index (χ0n) is 8.05. The minimum Gasteiger partial charge on any atom is -0.352 e. The topological polar surface area (TPSA) is 55.1 Å². The predicted molar refractivity (Wildman–Crippen MR) is 48.6 cm³/mol. The Balaban J connectivity index is 2.39. The molecule has 0 aliphatic heterocycles. The molecule has 1 aliphatic rings. The molecule has 0 spiro atoms. The van der Waals surface area contributed by atoms with Crippen molar-refractivity contribution < 1.29 is 4.79 Å². The first-order valence-corrected chi connectivity index (χ1v) is 4.47. The molecule has 0 saturated heterocycles. The molecule has 1 saturated carbocycles. The molecule has 70 valence electrons. The number of hydrogen-bond acceptors (Lipinski definition) is 2. The molecule has 1 atom stereocenters. The van der Waals surface area contributed by atoms with E-state index in [2.05, 4.69) is 5.32 Å². The van der Waals surface area contributed by atoms with Crippen molar-refractivity contribution >= 4 is 5.91 Å². The number of carbonyl (C=O) groups is 1. The SMILES string of the molecule is CC(C)(C)C(N)C(=O)NC1CC1. The lowest BCUT2D eigenvalue weighted by molar-refractivity contribution is -0.124. The Kier molecular flexibility index (Phi) is 2.42. The number of amides is 1. The molecular formula is C9H18N2O. The van der Waals surface area contributed by atoms with Gasteiger partial charge in [0.25, 0.3) is 0 Å². The van der Waals surface area contributed by atoms with Crippen LogP contribution in [-0.4, -0.2) is 18.0 Å². The van der Waals surface area contributed by atoms with E-state index < -0.39 is 6.04 Å². The summed E-state index contributed by atoms with van der Waals surface area (Å²) in [7, 11) is 0. The van der Waals surface area contributed by atoms with Gasteiger partial charge in [0.05, 0.1) is 6.04 Å². The van der Waals surface area contributed by atoms with E-state index in [9.17, 15) is 4.79 Å². The molecule has 3 nitrogen and oxygen atoms in total. The Morgan fingerprint density at radius 1 is 1.50 bits per heavy atom. The van der Waals surface area contributed by atoms with Crippen LogP contribution in [0.5, 0.6) is 0 Å². The first kappa shape index (κ1) is 9.52. The fourth-order valence-electron chi connectivity index (χ4n) is 0.912. The summed E-state index contributed by atoms with van der Waals surface area (Å²) in [5, 5.41) is 2.90. The second-order valence-corrected chi connectivity index (χ2v) is 4.63. The normalized spacial score (nSPS) is 20.3. The van der Waals surface area contributed by atoms with Crippen LogP contribution >= 0.6 is 0 Å². The molecule has 1 aliphatic carbocycles. The summed E-state index contributed by atoms with van der Waals surface area (Å²) in [5.41, 5.74) is 5.62. The van der Waals surface area contributed by atoms with Crippen molar-refractivity contribution in [2.24, 2.45) is 11.1 Å². The van der Waals surface area contributed by atoms with Crippen molar-refractivity contribution in [1.82, 2.24) is 5.32 Å². The molecule has 0 aromatic rings. The van der Waals surface area contributed by atoms with Gasteiger partial charge in [0.2, 0.25) is 5.91 Å². The maximum absolute atomic E-state index is 11.4. The maximum Gasteiger partial charge on any atom is 0.237 e. The Bertz CT molecular complexity index is 179. The molecule has 1 rings (SSSR count). The molecule has 0 aromatic heterocycles. The van der Waals surface area contributed by atoms with Gasteiger partial charge in [-0.15, -0.1) is 0 Å². The second kappa shape index (κ2) is 3.05. The quantitative estimate of drug-likeness (QED) is 0.639. The average molecular weight is 170 g/mol. The summed E-state index contributed by atoms with van der Waals surface area (Å²) < 4.78 is 0. The second-order valence-electron chi connectivity index (χ2n) is 4.63. The largest absolute Gasteiger partial charge is 0.352 e. The van der Waals surface area contributed by atoms with Gasteiger partial charge in [0.15, 0.2) is 0 Å². The minimum absolute atomic E-state index is 0.00926. The van der Waals surface area contributed by atoms with Gasteiger partial charge in [0.1, 0.15) is 0 Å². The van der Waals surface area contributed by atoms with Crippen LogP contribution in [0.3, 0.4) is 0 Å². The van der Waals surface area contributed by atoms with Crippen LogP contribution in [0.25, 0.3) is 0 Å². The van der Waals surface area contributed by atoms with E-state index >= 15 is 0 Å². The smallest absolute Gasteiger partial charge is 0.237 e. The highest BCUT2D eigenvalue weighted by atomic mass is 16.2. The van der Waals surface area contributed by atoms with Gasteiger partial charge in [0, 0.05) is 6.04 Å². The molecule has 0 bridgehead atoms. The van der Waals surface area contributed by atoms with Gasteiger partial charge in [-0.2, -0.15) is 0 Å². The predicted octanol–water partition coefficient (Wildman–Crippen LogP) is 0.638. The molecule has 12 heavy (non-hydrogen) atoms. The van der Waals surface area contributed by atoms with Crippen molar-refractivity contribution in [3.05, 3.63) is 0 Å². The van der Waals surface area contributed by atoms with E-state index in [1.807, 2.05) is 20.8 Å². The maximum atomic E-state index is 11.4. The van der Waals surface area contributed by atoms with Gasteiger partial charge in [-0.1, -0.05) is 20.8 Å². The molecule has 3 heteroatoms. The zero-order valence-corrected chi connectivity index (χ0v) is 8.05. The average Bonchev–Trinajstić information content (AvgIpc) is 2.68. The number of nitrogens with one attached hydrogen (secondary N) is 1. The van der Waals surface area contributed by atoms with Crippen LogP contribution in [0.15, 0.2) is 0 Å². The number of carbonyl (C=O) groups excluding carboxylic acids is 1. The van der Waals surface area contributed by atoms with Crippen molar-refractivity contribution in [3.63, 3.8) is 0 Å². The van der Waals surface area contributed by atoms with Crippen LogP contribution < -0.4 is 11.1 Å². The Labute approximate surface area is 73.7 Å². The van der Waals surface area contributed by atoms with Gasteiger partial charge in [-0.05, 0) is 18.3 Å². The molecule has 0 aromatic carbocycles. The molecule has 1 unspecified atom stereocenters. The van der Waals surface area contributed by atoms with Crippen LogP contribution in [0.4, 0.5) is 0 Å². The summed E-state index contributed by atoms with van der Waals surface area (Å²) in [5.74, 6) is -0.00926. The van der Waals surface area contributed by atoms with E-state index in [4.69, 9.17) is 5.73 Å². The van der Waals surface area contributed by atoms with E-state index in [0.717, 1.165) is 12.8 Å². The zero-order chi connectivity index (χ0) is 9.35. The third-order valence-electron chi connectivity index (χ3n) is 2.14. The lowest BCUT2D eigenvalue weighted by atomic mass is 9.87. The highest BCUT2D eigenvalue weighted by Crippen LogP contribution is 2.21. The monoisotopic (exact) mass is 170 g/mol. The number of hydrogen-bond donors (Lipinski definition) is 2. The van der Waals surface area contributed by atoms with E-state index in [1.165, 1.54) is 0 Å². The van der Waals surface area contributed by atoms with Crippen LogP contribution in [0, 0.1) is 5.41 Å². The van der Waals surface area contributed by atoms with E-state index in [0.29, 0.717) is 6.04 Å². The van der Waals surface area contributed by atoms with E-state index in [-0.39, 0.29) is 11.3 Å². The summed E-state index contributed by atoms with van der Waals surface area (Å²) in [6.45, 7) is 5.93. The lowest BCUT2D eigenvalue weighted by Crippen LogP contribution is -2.49. The Morgan fingerprint density at radius 2 is 2.00 bits per heavy atom. The van der Waals surface area contributed by atoms with Crippen molar-refractivity contribution in [1.29, 1.82) is 0 Å². The highest BCUT2D eigenvalue weighted by molar-refractivity contribution is 5.82. The summed E-state index contributed by atoms with van der Waals surface area (Å²) >= 11 is 0. The minimum atomic E-state index is -0.391. The fourth-order valence-corrected chi connectivity index (χ4v) is 0.912. The first-order chi connectivity index (χ1) is 5.41. The molecule has 1 amide bonds. The summed E-state index contributed by atoms with van der Waals surface area (Å²) in [6, 6.07) is 0.0176. The number of rotatable bonds is 2. The van der Waals surface area contributed by atoms with Gasteiger partial charge in [-0.25, -0.2) is 0 Å². The van der Waals surface area contributed by atoms with Gasteiger partial charge >= 0.3 is 0 Å². The van der Waals surface area contributed by atoms with Crippen LogP contribution in [-0.2, 0) is 4.79 Å². The molecular weight excluding hydrogens is 152 g/mol. The Morgan fingerprint density at radius 3 is 2.33 bits per heavy atom. The first-order valence-electron chi connectivity index (χ1n) is 4.47. The van der Waals surface area contributed by atoms with E-state index in [1.54, 1.807) is 0 Å². The van der Waals surface area contributed by atoms with Crippen molar-refractivity contribution in [2.45, 2.75) is 45.7 Å².